The van der Waals surface area contributed by atoms with E-state index in [4.69, 9.17) is 22.1 Å². The average Bonchev–Trinajstić information content (AvgIpc) is 2.38. The van der Waals surface area contributed by atoms with Crippen LogP contribution in [0.5, 0.6) is 5.75 Å². The maximum absolute atomic E-state index is 6.26. The standard InChI is InChI=1S/C15H15BrClNO/c1-2-19-14-5-3-10(4-6-14)15(18)11-7-12(16)9-13(17)8-11/h3-9,15H,2,18H2,1H3. The van der Waals surface area contributed by atoms with Gasteiger partial charge in [-0.2, -0.15) is 0 Å². The highest BCUT2D eigenvalue weighted by molar-refractivity contribution is 9.10. The van der Waals surface area contributed by atoms with Crippen LogP contribution in [-0.2, 0) is 0 Å². The molecule has 0 aliphatic heterocycles. The van der Waals surface area contributed by atoms with E-state index in [9.17, 15) is 0 Å². The van der Waals surface area contributed by atoms with Crippen molar-refractivity contribution in [1.29, 1.82) is 0 Å². The van der Waals surface area contributed by atoms with Crippen LogP contribution in [0.3, 0.4) is 0 Å². The lowest BCUT2D eigenvalue weighted by Crippen LogP contribution is -2.11. The van der Waals surface area contributed by atoms with Crippen molar-refractivity contribution >= 4 is 27.5 Å². The van der Waals surface area contributed by atoms with Crippen LogP contribution in [-0.4, -0.2) is 6.61 Å². The van der Waals surface area contributed by atoms with Crippen LogP contribution in [0.15, 0.2) is 46.9 Å². The van der Waals surface area contributed by atoms with E-state index >= 15 is 0 Å². The molecule has 0 radical (unpaired) electrons. The summed E-state index contributed by atoms with van der Waals surface area (Å²) in [4.78, 5) is 0. The predicted octanol–water partition coefficient (Wildman–Crippen LogP) is 4.55. The largest absolute Gasteiger partial charge is 0.494 e. The molecule has 0 heterocycles. The Hall–Kier alpha value is -1.03. The van der Waals surface area contributed by atoms with Gasteiger partial charge >= 0.3 is 0 Å². The molecule has 0 spiro atoms. The van der Waals surface area contributed by atoms with Gasteiger partial charge in [0, 0.05) is 9.50 Å². The van der Waals surface area contributed by atoms with Gasteiger partial charge in [-0.3, -0.25) is 0 Å². The van der Waals surface area contributed by atoms with Gasteiger partial charge < -0.3 is 10.5 Å². The topological polar surface area (TPSA) is 35.2 Å². The molecule has 19 heavy (non-hydrogen) atoms. The van der Waals surface area contributed by atoms with E-state index < -0.39 is 0 Å². The fourth-order valence-electron chi connectivity index (χ4n) is 1.89. The van der Waals surface area contributed by atoms with Crippen LogP contribution in [0.2, 0.25) is 5.02 Å². The normalized spacial score (nSPS) is 12.2. The molecule has 0 saturated heterocycles. The molecule has 0 bridgehead atoms. The fourth-order valence-corrected chi connectivity index (χ4v) is 2.77. The first-order chi connectivity index (χ1) is 9.10. The van der Waals surface area contributed by atoms with Gasteiger partial charge in [0.05, 0.1) is 12.6 Å². The lowest BCUT2D eigenvalue weighted by molar-refractivity contribution is 0.340. The van der Waals surface area contributed by atoms with Crippen molar-refractivity contribution in [2.75, 3.05) is 6.61 Å². The van der Waals surface area contributed by atoms with Crippen LogP contribution in [0, 0.1) is 0 Å². The maximum Gasteiger partial charge on any atom is 0.119 e. The molecule has 2 aromatic carbocycles. The number of hydrogen-bond donors (Lipinski definition) is 1. The van der Waals surface area contributed by atoms with Gasteiger partial charge in [-0.25, -0.2) is 0 Å². The summed E-state index contributed by atoms with van der Waals surface area (Å²) in [6.07, 6.45) is 0. The highest BCUT2D eigenvalue weighted by atomic mass is 79.9. The summed E-state index contributed by atoms with van der Waals surface area (Å²) in [7, 11) is 0. The molecule has 2 nitrogen and oxygen atoms in total. The third-order valence-corrected chi connectivity index (χ3v) is 3.47. The second-order valence-electron chi connectivity index (χ2n) is 4.18. The third-order valence-electron chi connectivity index (χ3n) is 2.79. The summed E-state index contributed by atoms with van der Waals surface area (Å²) in [5, 5.41) is 0.672. The molecule has 1 unspecified atom stereocenters. The van der Waals surface area contributed by atoms with Crippen molar-refractivity contribution in [3.8, 4) is 5.75 Å². The maximum atomic E-state index is 6.26. The van der Waals surface area contributed by atoms with Gasteiger partial charge in [0.2, 0.25) is 0 Å². The monoisotopic (exact) mass is 339 g/mol. The zero-order valence-corrected chi connectivity index (χ0v) is 12.9. The van der Waals surface area contributed by atoms with Crippen molar-refractivity contribution in [2.24, 2.45) is 5.73 Å². The van der Waals surface area contributed by atoms with Crippen LogP contribution in [0.25, 0.3) is 0 Å². The van der Waals surface area contributed by atoms with E-state index in [1.807, 2.05) is 49.4 Å². The molecular weight excluding hydrogens is 326 g/mol. The van der Waals surface area contributed by atoms with Crippen molar-refractivity contribution in [3.63, 3.8) is 0 Å². The highest BCUT2D eigenvalue weighted by Crippen LogP contribution is 2.27. The van der Waals surface area contributed by atoms with Gasteiger partial charge in [-0.15, -0.1) is 0 Å². The molecule has 100 valence electrons. The second-order valence-corrected chi connectivity index (χ2v) is 5.53. The van der Waals surface area contributed by atoms with Crippen LogP contribution < -0.4 is 10.5 Å². The minimum atomic E-state index is -0.203. The summed E-state index contributed by atoms with van der Waals surface area (Å²) in [5.41, 5.74) is 8.26. The Bertz CT molecular complexity index is 536. The molecule has 0 aliphatic carbocycles. The zero-order chi connectivity index (χ0) is 13.8. The number of nitrogens with two attached hydrogens (primary N) is 1. The molecule has 0 aromatic heterocycles. The van der Waals surface area contributed by atoms with Gasteiger partial charge in [0.25, 0.3) is 0 Å². The Morgan fingerprint density at radius 2 is 1.84 bits per heavy atom. The molecule has 1 atom stereocenters. The number of rotatable bonds is 4. The lowest BCUT2D eigenvalue weighted by atomic mass is 10.00. The van der Waals surface area contributed by atoms with Gasteiger partial charge in [-0.05, 0) is 48.4 Å². The van der Waals surface area contributed by atoms with E-state index in [0.717, 1.165) is 21.3 Å². The Kier molecular flexibility index (Phi) is 4.86. The van der Waals surface area contributed by atoms with Gasteiger partial charge in [0.15, 0.2) is 0 Å². The summed E-state index contributed by atoms with van der Waals surface area (Å²) < 4.78 is 6.34. The van der Waals surface area contributed by atoms with E-state index in [-0.39, 0.29) is 6.04 Å². The molecule has 0 fully saturated rings. The molecule has 0 saturated carbocycles. The molecule has 2 rings (SSSR count). The van der Waals surface area contributed by atoms with Gasteiger partial charge in [0.1, 0.15) is 5.75 Å². The number of halogens is 2. The first-order valence-electron chi connectivity index (χ1n) is 6.04. The SMILES string of the molecule is CCOc1ccc(C(N)c2cc(Cl)cc(Br)c2)cc1. The average molecular weight is 341 g/mol. The summed E-state index contributed by atoms with van der Waals surface area (Å²) in [5.74, 6) is 0.853. The van der Waals surface area contributed by atoms with E-state index in [0.29, 0.717) is 11.6 Å². The molecule has 0 aliphatic rings. The molecular formula is C15H15BrClNO. The molecule has 0 amide bonds. The number of benzene rings is 2. The summed E-state index contributed by atoms with van der Waals surface area (Å²) in [6, 6.07) is 13.3. The molecule has 2 N–H and O–H groups in total. The lowest BCUT2D eigenvalue weighted by Gasteiger charge is -2.14. The fraction of sp³-hybridized carbons (Fsp3) is 0.200. The Morgan fingerprint density at radius 1 is 1.16 bits per heavy atom. The van der Waals surface area contributed by atoms with E-state index in [1.54, 1.807) is 0 Å². The molecule has 4 heteroatoms. The van der Waals surface area contributed by atoms with Gasteiger partial charge in [-0.1, -0.05) is 39.7 Å². The minimum absolute atomic E-state index is 0.203. The van der Waals surface area contributed by atoms with Crippen molar-refractivity contribution in [1.82, 2.24) is 0 Å². The number of ether oxygens (including phenoxy) is 1. The Labute approximate surface area is 126 Å². The third kappa shape index (κ3) is 3.72. The summed E-state index contributed by atoms with van der Waals surface area (Å²) >= 11 is 9.47. The van der Waals surface area contributed by atoms with Crippen molar-refractivity contribution in [2.45, 2.75) is 13.0 Å². The van der Waals surface area contributed by atoms with Crippen LogP contribution >= 0.6 is 27.5 Å². The Morgan fingerprint density at radius 3 is 2.42 bits per heavy atom. The smallest absolute Gasteiger partial charge is 0.119 e. The minimum Gasteiger partial charge on any atom is -0.494 e. The number of hydrogen-bond acceptors (Lipinski definition) is 2. The highest BCUT2D eigenvalue weighted by Gasteiger charge is 2.10. The van der Waals surface area contributed by atoms with E-state index in [1.165, 1.54) is 0 Å². The zero-order valence-electron chi connectivity index (χ0n) is 10.6. The predicted molar refractivity (Wildman–Crippen MR) is 82.8 cm³/mol. The quantitative estimate of drug-likeness (QED) is 0.886. The van der Waals surface area contributed by atoms with Crippen LogP contribution in [0.4, 0.5) is 0 Å². The van der Waals surface area contributed by atoms with E-state index in [2.05, 4.69) is 15.9 Å². The van der Waals surface area contributed by atoms with Crippen molar-refractivity contribution < 1.29 is 4.74 Å². The first kappa shape index (κ1) is 14.4. The Balaban J connectivity index is 2.25. The van der Waals surface area contributed by atoms with Crippen LogP contribution in [0.1, 0.15) is 24.1 Å². The van der Waals surface area contributed by atoms with Crippen molar-refractivity contribution in [3.05, 3.63) is 63.1 Å². The summed E-state index contributed by atoms with van der Waals surface area (Å²) in [6.45, 7) is 2.62. The second kappa shape index (κ2) is 6.42. The first-order valence-corrected chi connectivity index (χ1v) is 7.21. The molecule has 2 aromatic rings.